The number of aromatic nitrogens is 2. The van der Waals surface area contributed by atoms with Gasteiger partial charge in [0.15, 0.2) is 11.5 Å². The van der Waals surface area contributed by atoms with Crippen molar-refractivity contribution in [2.45, 2.75) is 40.0 Å². The minimum absolute atomic E-state index is 0.0843. The molecule has 5 nitrogen and oxygen atoms in total. The summed E-state index contributed by atoms with van der Waals surface area (Å²) in [6, 6.07) is 7.14. The lowest BCUT2D eigenvalue weighted by Crippen LogP contribution is -2.18. The van der Waals surface area contributed by atoms with Gasteiger partial charge in [0.05, 0.1) is 12.8 Å². The molecule has 7 heteroatoms. The van der Waals surface area contributed by atoms with E-state index >= 15 is 0 Å². The number of hydrogen-bond acceptors (Lipinski definition) is 4. The third-order valence-corrected chi connectivity index (χ3v) is 3.63. The summed E-state index contributed by atoms with van der Waals surface area (Å²) in [6.45, 7) is 3.09. The first-order valence-electron chi connectivity index (χ1n) is 7.83. The van der Waals surface area contributed by atoms with E-state index in [1.807, 2.05) is 24.6 Å². The fourth-order valence-electron chi connectivity index (χ4n) is 2.56. The molecule has 132 valence electrons. The van der Waals surface area contributed by atoms with Crippen LogP contribution in [0.5, 0.6) is 11.5 Å². The summed E-state index contributed by atoms with van der Waals surface area (Å²) in [6.07, 6.45) is 0.886. The molecule has 0 unspecified atom stereocenters. The molecule has 0 amide bonds. The molecule has 0 fully saturated rings. The molecule has 0 atom stereocenters. The van der Waals surface area contributed by atoms with Crippen molar-refractivity contribution in [3.8, 4) is 11.5 Å². The first-order chi connectivity index (χ1) is 11.5. The summed E-state index contributed by atoms with van der Waals surface area (Å²) in [7, 11) is 1.43. The zero-order chi connectivity index (χ0) is 17.5. The predicted octanol–water partition coefficient (Wildman–Crippen LogP) is 3.29. The van der Waals surface area contributed by atoms with Gasteiger partial charge in [0.1, 0.15) is 0 Å². The molecule has 0 aliphatic carbocycles. The largest absolute Gasteiger partial charge is 0.493 e. The maximum absolute atomic E-state index is 12.6. The van der Waals surface area contributed by atoms with E-state index in [1.54, 1.807) is 18.2 Å². The molecule has 0 bridgehead atoms. The lowest BCUT2D eigenvalue weighted by Gasteiger charge is -2.15. The highest BCUT2D eigenvalue weighted by Gasteiger charge is 2.14. The van der Waals surface area contributed by atoms with Gasteiger partial charge in [-0.1, -0.05) is 12.1 Å². The van der Waals surface area contributed by atoms with Crippen LogP contribution in [-0.2, 0) is 13.1 Å². The first kappa shape index (κ1) is 18.2. The van der Waals surface area contributed by atoms with Crippen molar-refractivity contribution in [1.82, 2.24) is 15.1 Å². The van der Waals surface area contributed by atoms with E-state index < -0.39 is 6.61 Å². The SMILES string of the molecule is COc1cccc(CNCCCn2nc(C)cc2C)c1OC(F)F. The number of rotatable bonds is 9. The Balaban J connectivity index is 1.86. The molecule has 1 aromatic carbocycles. The monoisotopic (exact) mass is 339 g/mol. The van der Waals surface area contributed by atoms with E-state index in [0.29, 0.717) is 17.9 Å². The molecular formula is C17H23F2N3O2. The standard InChI is InChI=1S/C17H23F2N3O2/c1-12-10-13(2)22(21-12)9-5-8-20-11-14-6-4-7-15(23-3)16(14)24-17(18)19/h4,6-7,10,17,20H,5,8-9,11H2,1-3H3. The summed E-state index contributed by atoms with van der Waals surface area (Å²) < 4.78 is 36.8. The van der Waals surface area contributed by atoms with Crippen LogP contribution in [-0.4, -0.2) is 30.0 Å². The predicted molar refractivity (Wildman–Crippen MR) is 87.7 cm³/mol. The minimum atomic E-state index is -2.88. The quantitative estimate of drug-likeness (QED) is 0.712. The van der Waals surface area contributed by atoms with Gasteiger partial charge >= 0.3 is 6.61 Å². The molecule has 2 rings (SSSR count). The zero-order valence-corrected chi connectivity index (χ0v) is 14.2. The van der Waals surface area contributed by atoms with E-state index in [9.17, 15) is 8.78 Å². The van der Waals surface area contributed by atoms with Gasteiger partial charge in [-0.15, -0.1) is 0 Å². The van der Waals surface area contributed by atoms with E-state index in [4.69, 9.17) is 4.74 Å². The lowest BCUT2D eigenvalue weighted by atomic mass is 10.2. The molecule has 0 spiro atoms. The van der Waals surface area contributed by atoms with Crippen molar-refractivity contribution in [3.05, 3.63) is 41.2 Å². The Morgan fingerprint density at radius 2 is 2.08 bits per heavy atom. The molecule has 0 aliphatic heterocycles. The van der Waals surface area contributed by atoms with Crippen LogP contribution in [0.15, 0.2) is 24.3 Å². The summed E-state index contributed by atoms with van der Waals surface area (Å²) in [5.41, 5.74) is 2.78. The normalized spacial score (nSPS) is 11.1. The van der Waals surface area contributed by atoms with E-state index in [1.165, 1.54) is 7.11 Å². The van der Waals surface area contributed by atoms with Crippen molar-refractivity contribution < 1.29 is 18.3 Å². The number of para-hydroxylation sites is 1. The Kier molecular flexibility index (Phi) is 6.54. The van der Waals surface area contributed by atoms with Gasteiger partial charge in [-0.05, 0) is 38.9 Å². The van der Waals surface area contributed by atoms with Gasteiger partial charge in [-0.2, -0.15) is 13.9 Å². The van der Waals surface area contributed by atoms with Crippen LogP contribution in [0.25, 0.3) is 0 Å². The number of benzene rings is 1. The van der Waals surface area contributed by atoms with Crippen LogP contribution < -0.4 is 14.8 Å². The van der Waals surface area contributed by atoms with Gasteiger partial charge in [-0.3, -0.25) is 4.68 Å². The molecule has 0 aliphatic rings. The second-order valence-electron chi connectivity index (χ2n) is 5.51. The van der Waals surface area contributed by atoms with Crippen molar-refractivity contribution in [2.75, 3.05) is 13.7 Å². The molecule has 1 aromatic heterocycles. The van der Waals surface area contributed by atoms with Crippen LogP contribution in [0.3, 0.4) is 0 Å². The highest BCUT2D eigenvalue weighted by atomic mass is 19.3. The average molecular weight is 339 g/mol. The highest BCUT2D eigenvalue weighted by Crippen LogP contribution is 2.32. The Bertz CT molecular complexity index is 659. The molecule has 24 heavy (non-hydrogen) atoms. The maximum Gasteiger partial charge on any atom is 0.387 e. The maximum atomic E-state index is 12.6. The van der Waals surface area contributed by atoms with Crippen LogP contribution in [0.2, 0.25) is 0 Å². The van der Waals surface area contributed by atoms with Crippen LogP contribution in [0.1, 0.15) is 23.4 Å². The van der Waals surface area contributed by atoms with Gasteiger partial charge in [0.25, 0.3) is 0 Å². The average Bonchev–Trinajstić information content (AvgIpc) is 2.85. The fourth-order valence-corrected chi connectivity index (χ4v) is 2.56. The second kappa shape index (κ2) is 8.63. The Morgan fingerprint density at radius 3 is 2.71 bits per heavy atom. The lowest BCUT2D eigenvalue weighted by molar-refractivity contribution is -0.0518. The van der Waals surface area contributed by atoms with E-state index in [2.05, 4.69) is 15.2 Å². The van der Waals surface area contributed by atoms with Crippen LogP contribution in [0, 0.1) is 13.8 Å². The number of ether oxygens (including phenoxy) is 2. The number of methoxy groups -OCH3 is 1. The molecule has 0 saturated heterocycles. The third-order valence-electron chi connectivity index (χ3n) is 3.63. The third kappa shape index (κ3) is 4.92. The van der Waals surface area contributed by atoms with Crippen LogP contribution >= 0.6 is 0 Å². The summed E-state index contributed by atoms with van der Waals surface area (Å²) in [4.78, 5) is 0. The van der Waals surface area contributed by atoms with Gasteiger partial charge < -0.3 is 14.8 Å². The smallest absolute Gasteiger partial charge is 0.387 e. The number of aryl methyl sites for hydroxylation is 3. The second-order valence-corrected chi connectivity index (χ2v) is 5.51. The van der Waals surface area contributed by atoms with Gasteiger partial charge in [0.2, 0.25) is 0 Å². The molecule has 1 N–H and O–H groups in total. The molecule has 1 heterocycles. The zero-order valence-electron chi connectivity index (χ0n) is 14.2. The number of alkyl halides is 2. The number of halogens is 2. The van der Waals surface area contributed by atoms with Crippen LogP contribution in [0.4, 0.5) is 8.78 Å². The number of hydrogen-bond donors (Lipinski definition) is 1. The molecule has 0 saturated carbocycles. The summed E-state index contributed by atoms with van der Waals surface area (Å²) in [5, 5.41) is 7.65. The summed E-state index contributed by atoms with van der Waals surface area (Å²) in [5.74, 6) is 0.387. The fraction of sp³-hybridized carbons (Fsp3) is 0.471. The Hall–Kier alpha value is -2.15. The van der Waals surface area contributed by atoms with Gasteiger partial charge in [0, 0.05) is 24.3 Å². The molecular weight excluding hydrogens is 316 g/mol. The number of nitrogens with one attached hydrogen (secondary N) is 1. The molecule has 0 radical (unpaired) electrons. The topological polar surface area (TPSA) is 48.3 Å². The van der Waals surface area contributed by atoms with Gasteiger partial charge in [-0.25, -0.2) is 0 Å². The van der Waals surface area contributed by atoms with Crippen molar-refractivity contribution in [2.24, 2.45) is 0 Å². The van der Waals surface area contributed by atoms with Crippen molar-refractivity contribution in [1.29, 1.82) is 0 Å². The van der Waals surface area contributed by atoms with Crippen molar-refractivity contribution in [3.63, 3.8) is 0 Å². The first-order valence-corrected chi connectivity index (χ1v) is 7.83. The Labute approximate surface area is 140 Å². The van der Waals surface area contributed by atoms with Crippen molar-refractivity contribution >= 4 is 0 Å². The minimum Gasteiger partial charge on any atom is -0.493 e. The Morgan fingerprint density at radius 1 is 1.29 bits per heavy atom. The number of nitrogens with zero attached hydrogens (tertiary/aromatic N) is 2. The highest BCUT2D eigenvalue weighted by molar-refractivity contribution is 5.46. The summed E-state index contributed by atoms with van der Waals surface area (Å²) >= 11 is 0. The molecule has 2 aromatic rings. The van der Waals surface area contributed by atoms with E-state index in [-0.39, 0.29) is 5.75 Å². The van der Waals surface area contributed by atoms with E-state index in [0.717, 1.165) is 30.9 Å².